The Bertz CT molecular complexity index is 505. The molecule has 0 unspecified atom stereocenters. The molecule has 0 aliphatic rings. The number of carbonyl (C=O) groups excluding carboxylic acids is 2. The first-order valence-electron chi connectivity index (χ1n) is 6.23. The first-order valence-corrected chi connectivity index (χ1v) is 6.23. The Morgan fingerprint density at radius 2 is 1.95 bits per heavy atom. The largest absolute Gasteiger partial charge is 0.507 e. The van der Waals surface area contributed by atoms with Crippen LogP contribution in [0.5, 0.6) is 5.75 Å². The molecule has 0 spiro atoms. The Morgan fingerprint density at radius 1 is 1.30 bits per heavy atom. The molecule has 6 nitrogen and oxygen atoms in total. The van der Waals surface area contributed by atoms with Gasteiger partial charge in [-0.15, -0.1) is 0 Å². The minimum atomic E-state index is -0.655. The van der Waals surface area contributed by atoms with Crippen LogP contribution in [0.2, 0.25) is 0 Å². The van der Waals surface area contributed by atoms with Crippen molar-refractivity contribution < 1.29 is 24.2 Å². The maximum Gasteiger partial charge on any atom is 0.412 e. The van der Waals surface area contributed by atoms with E-state index in [9.17, 15) is 14.7 Å². The highest BCUT2D eigenvalue weighted by Crippen LogP contribution is 2.23. The molecule has 1 aromatic rings. The lowest BCUT2D eigenvalue weighted by Crippen LogP contribution is -2.27. The molecule has 0 heterocycles. The van der Waals surface area contributed by atoms with Gasteiger partial charge >= 0.3 is 12.1 Å². The van der Waals surface area contributed by atoms with Crippen molar-refractivity contribution in [3.8, 4) is 5.75 Å². The van der Waals surface area contributed by atoms with Crippen LogP contribution in [0.15, 0.2) is 18.2 Å². The zero-order valence-electron chi connectivity index (χ0n) is 12.0. The van der Waals surface area contributed by atoms with E-state index in [1.165, 1.54) is 18.2 Å². The third-order valence-electron chi connectivity index (χ3n) is 2.14. The van der Waals surface area contributed by atoms with Crippen LogP contribution in [-0.4, -0.2) is 29.4 Å². The molecule has 6 heteroatoms. The molecule has 1 rings (SSSR count). The molecule has 0 fully saturated rings. The molecule has 0 saturated carbocycles. The van der Waals surface area contributed by atoms with E-state index in [1.807, 2.05) is 0 Å². The van der Waals surface area contributed by atoms with E-state index < -0.39 is 17.7 Å². The fourth-order valence-corrected chi connectivity index (χ4v) is 1.41. The lowest BCUT2D eigenvalue weighted by molar-refractivity contribution is 0.0521. The SMILES string of the molecule is CCOC(=O)c1cc(NC(=O)OC(C)(C)C)ccc1O. The molecule has 2 N–H and O–H groups in total. The molecule has 110 valence electrons. The summed E-state index contributed by atoms with van der Waals surface area (Å²) in [5, 5.41) is 12.1. The van der Waals surface area contributed by atoms with Crippen molar-refractivity contribution in [1.29, 1.82) is 0 Å². The highest BCUT2D eigenvalue weighted by molar-refractivity contribution is 5.95. The molecule has 0 saturated heterocycles. The number of anilines is 1. The topological polar surface area (TPSA) is 84.9 Å². The van der Waals surface area contributed by atoms with Crippen LogP contribution < -0.4 is 5.32 Å². The number of nitrogens with one attached hydrogen (secondary N) is 1. The number of phenols is 1. The lowest BCUT2D eigenvalue weighted by atomic mass is 10.2. The molecule has 0 aliphatic heterocycles. The fourth-order valence-electron chi connectivity index (χ4n) is 1.41. The maximum atomic E-state index is 11.6. The summed E-state index contributed by atoms with van der Waals surface area (Å²) in [4.78, 5) is 23.2. The van der Waals surface area contributed by atoms with Crippen molar-refractivity contribution in [2.24, 2.45) is 0 Å². The van der Waals surface area contributed by atoms with Gasteiger partial charge in [-0.3, -0.25) is 5.32 Å². The zero-order chi connectivity index (χ0) is 15.3. The van der Waals surface area contributed by atoms with Crippen molar-refractivity contribution in [3.63, 3.8) is 0 Å². The summed E-state index contributed by atoms with van der Waals surface area (Å²) in [5.74, 6) is -0.865. The van der Waals surface area contributed by atoms with E-state index in [0.29, 0.717) is 5.69 Å². The number of esters is 1. The molecule has 0 aliphatic carbocycles. The highest BCUT2D eigenvalue weighted by atomic mass is 16.6. The predicted octanol–water partition coefficient (Wildman–Crippen LogP) is 2.92. The Balaban J connectivity index is 2.85. The Morgan fingerprint density at radius 3 is 2.50 bits per heavy atom. The Kier molecular flexibility index (Phi) is 4.96. The van der Waals surface area contributed by atoms with Crippen LogP contribution in [0.25, 0.3) is 0 Å². The lowest BCUT2D eigenvalue weighted by Gasteiger charge is -2.19. The van der Waals surface area contributed by atoms with Gasteiger partial charge in [-0.05, 0) is 45.9 Å². The standard InChI is InChI=1S/C14H19NO5/c1-5-19-12(17)10-8-9(6-7-11(10)16)15-13(18)20-14(2,3)4/h6-8,16H,5H2,1-4H3,(H,15,18). The van der Waals surface area contributed by atoms with E-state index in [4.69, 9.17) is 9.47 Å². The Hall–Kier alpha value is -2.24. The Labute approximate surface area is 117 Å². The van der Waals surface area contributed by atoms with Gasteiger partial charge in [-0.1, -0.05) is 0 Å². The van der Waals surface area contributed by atoms with Gasteiger partial charge in [-0.25, -0.2) is 9.59 Å². The van der Waals surface area contributed by atoms with E-state index in [1.54, 1.807) is 27.7 Å². The number of carbonyl (C=O) groups is 2. The summed E-state index contributed by atoms with van der Waals surface area (Å²) in [5.41, 5.74) is -0.300. The summed E-state index contributed by atoms with van der Waals surface area (Å²) in [6.45, 7) is 7.09. The van der Waals surface area contributed by atoms with Crippen molar-refractivity contribution >= 4 is 17.7 Å². The average Bonchev–Trinajstić information content (AvgIpc) is 2.29. The van der Waals surface area contributed by atoms with Gasteiger partial charge in [0.25, 0.3) is 0 Å². The van der Waals surface area contributed by atoms with Crippen molar-refractivity contribution in [2.45, 2.75) is 33.3 Å². The zero-order valence-corrected chi connectivity index (χ0v) is 12.0. The van der Waals surface area contributed by atoms with Crippen molar-refractivity contribution in [3.05, 3.63) is 23.8 Å². The van der Waals surface area contributed by atoms with Gasteiger partial charge in [-0.2, -0.15) is 0 Å². The van der Waals surface area contributed by atoms with Gasteiger partial charge in [0.15, 0.2) is 0 Å². The van der Waals surface area contributed by atoms with E-state index in [2.05, 4.69) is 5.32 Å². The number of phenolic OH excluding ortho intramolecular Hbond substituents is 1. The van der Waals surface area contributed by atoms with Gasteiger partial charge < -0.3 is 14.6 Å². The van der Waals surface area contributed by atoms with Crippen LogP contribution in [-0.2, 0) is 9.47 Å². The summed E-state index contributed by atoms with van der Waals surface area (Å²) >= 11 is 0. The van der Waals surface area contributed by atoms with Crippen LogP contribution >= 0.6 is 0 Å². The second kappa shape index (κ2) is 6.27. The van der Waals surface area contributed by atoms with Gasteiger partial charge in [0.05, 0.1) is 6.61 Å². The number of benzene rings is 1. The first kappa shape index (κ1) is 15.8. The summed E-state index contributed by atoms with van der Waals surface area (Å²) in [6.07, 6.45) is -0.641. The normalized spacial score (nSPS) is 10.8. The first-order chi connectivity index (χ1) is 9.23. The average molecular weight is 281 g/mol. The van der Waals surface area contributed by atoms with Crippen LogP contribution in [0.1, 0.15) is 38.1 Å². The number of ether oxygens (including phenoxy) is 2. The number of rotatable bonds is 3. The summed E-state index contributed by atoms with van der Waals surface area (Å²) in [6, 6.07) is 4.10. The monoisotopic (exact) mass is 281 g/mol. The third-order valence-corrected chi connectivity index (χ3v) is 2.14. The smallest absolute Gasteiger partial charge is 0.412 e. The second-order valence-corrected chi connectivity index (χ2v) is 5.08. The molecule has 0 bridgehead atoms. The second-order valence-electron chi connectivity index (χ2n) is 5.08. The molecule has 0 aromatic heterocycles. The van der Waals surface area contributed by atoms with Gasteiger partial charge in [0.2, 0.25) is 0 Å². The predicted molar refractivity (Wildman–Crippen MR) is 73.9 cm³/mol. The van der Waals surface area contributed by atoms with Crippen LogP contribution in [0.3, 0.4) is 0 Å². The van der Waals surface area contributed by atoms with Crippen LogP contribution in [0, 0.1) is 0 Å². The number of hydrogen-bond donors (Lipinski definition) is 2. The molecule has 1 aromatic carbocycles. The molecular weight excluding hydrogens is 262 g/mol. The number of amides is 1. The minimum absolute atomic E-state index is 0.0135. The van der Waals surface area contributed by atoms with E-state index >= 15 is 0 Å². The maximum absolute atomic E-state index is 11.6. The minimum Gasteiger partial charge on any atom is -0.507 e. The number of aromatic hydroxyl groups is 1. The molecule has 20 heavy (non-hydrogen) atoms. The summed E-state index contributed by atoms with van der Waals surface area (Å²) < 4.78 is 9.90. The van der Waals surface area contributed by atoms with Crippen LogP contribution in [0.4, 0.5) is 10.5 Å². The quantitative estimate of drug-likeness (QED) is 0.657. The molecule has 0 atom stereocenters. The van der Waals surface area contributed by atoms with Crippen molar-refractivity contribution in [2.75, 3.05) is 11.9 Å². The molecular formula is C14H19NO5. The van der Waals surface area contributed by atoms with Crippen molar-refractivity contribution in [1.82, 2.24) is 0 Å². The van der Waals surface area contributed by atoms with E-state index in [0.717, 1.165) is 0 Å². The van der Waals surface area contributed by atoms with Gasteiger partial charge in [0.1, 0.15) is 16.9 Å². The highest BCUT2D eigenvalue weighted by Gasteiger charge is 2.18. The molecule has 0 radical (unpaired) electrons. The molecule has 1 amide bonds. The summed E-state index contributed by atoms with van der Waals surface area (Å²) in [7, 11) is 0. The fraction of sp³-hybridized carbons (Fsp3) is 0.429. The van der Waals surface area contributed by atoms with E-state index in [-0.39, 0.29) is 17.9 Å². The van der Waals surface area contributed by atoms with Gasteiger partial charge in [0, 0.05) is 5.69 Å². The third kappa shape index (κ3) is 4.79. The number of hydrogen-bond acceptors (Lipinski definition) is 5.